The van der Waals surface area contributed by atoms with E-state index in [-0.39, 0.29) is 17.2 Å². The van der Waals surface area contributed by atoms with Crippen LogP contribution in [-0.2, 0) is 17.9 Å². The number of thioether (sulfide) groups is 1. The molecule has 0 aliphatic rings. The fourth-order valence-corrected chi connectivity index (χ4v) is 4.61. The van der Waals surface area contributed by atoms with Gasteiger partial charge in [0, 0.05) is 32.9 Å². The van der Waals surface area contributed by atoms with Crippen LogP contribution in [0, 0.1) is 0 Å². The van der Waals surface area contributed by atoms with E-state index in [4.69, 9.17) is 0 Å². The van der Waals surface area contributed by atoms with Crippen LogP contribution in [0.1, 0.15) is 31.7 Å². The van der Waals surface area contributed by atoms with Crippen LogP contribution in [0.15, 0.2) is 58.5 Å². The molecule has 2 aromatic carbocycles. The minimum absolute atomic E-state index is 0.0545. The standard InChI is InChI=1S/C25H30N6O2S/c1-4-5-8-15-30-23(33)20-9-6-7-10-21(20)31-24(30)27-28-25(31)34-17-22(32)26-16-18-11-13-19(14-12-18)29(2)3/h6-7,9-14H,4-5,8,15-17H2,1-3H3,(H,26,32). The number of hydrogen-bond acceptors (Lipinski definition) is 6. The number of unbranched alkanes of at least 4 members (excludes halogenated alkanes) is 2. The third-order valence-corrected chi connectivity index (χ3v) is 6.67. The summed E-state index contributed by atoms with van der Waals surface area (Å²) in [5.41, 5.74) is 2.85. The number of nitrogens with one attached hydrogen (secondary N) is 1. The lowest BCUT2D eigenvalue weighted by Crippen LogP contribution is -2.25. The zero-order valence-corrected chi connectivity index (χ0v) is 20.6. The quantitative estimate of drug-likeness (QED) is 0.276. The van der Waals surface area contributed by atoms with Crippen molar-refractivity contribution >= 4 is 40.0 Å². The zero-order valence-electron chi connectivity index (χ0n) is 19.8. The number of aryl methyl sites for hydroxylation is 1. The SMILES string of the molecule is CCCCCn1c(=O)c2ccccc2n2c(SCC(=O)NCc3ccc(N(C)C)cc3)nnc12. The molecule has 0 spiro atoms. The number of nitrogens with zero attached hydrogens (tertiary/aromatic N) is 5. The van der Waals surface area contributed by atoms with E-state index in [1.54, 1.807) is 4.57 Å². The predicted molar refractivity (Wildman–Crippen MR) is 138 cm³/mol. The Morgan fingerprint density at radius 1 is 1.06 bits per heavy atom. The highest BCUT2D eigenvalue weighted by Crippen LogP contribution is 2.22. The van der Waals surface area contributed by atoms with Crippen molar-refractivity contribution in [3.8, 4) is 0 Å². The number of carbonyl (C=O) groups is 1. The van der Waals surface area contributed by atoms with Crippen LogP contribution in [0.2, 0.25) is 0 Å². The van der Waals surface area contributed by atoms with Crippen molar-refractivity contribution in [2.24, 2.45) is 0 Å². The topological polar surface area (TPSA) is 84.5 Å². The number of rotatable bonds is 10. The summed E-state index contributed by atoms with van der Waals surface area (Å²) in [6.07, 6.45) is 3.01. The van der Waals surface area contributed by atoms with Gasteiger partial charge < -0.3 is 10.2 Å². The molecule has 0 unspecified atom stereocenters. The summed E-state index contributed by atoms with van der Waals surface area (Å²) >= 11 is 1.32. The molecular weight excluding hydrogens is 448 g/mol. The molecule has 0 saturated carbocycles. The van der Waals surface area contributed by atoms with E-state index < -0.39 is 0 Å². The maximum absolute atomic E-state index is 13.1. The summed E-state index contributed by atoms with van der Waals surface area (Å²) in [5.74, 6) is 0.641. The zero-order chi connectivity index (χ0) is 24.1. The number of hydrogen-bond donors (Lipinski definition) is 1. The van der Waals surface area contributed by atoms with Crippen LogP contribution in [0.25, 0.3) is 16.7 Å². The highest BCUT2D eigenvalue weighted by molar-refractivity contribution is 7.99. The summed E-state index contributed by atoms with van der Waals surface area (Å²) in [6.45, 7) is 3.19. The highest BCUT2D eigenvalue weighted by Gasteiger charge is 2.17. The number of benzene rings is 2. The van der Waals surface area contributed by atoms with Gasteiger partial charge >= 0.3 is 0 Å². The second kappa shape index (κ2) is 10.7. The van der Waals surface area contributed by atoms with E-state index in [1.165, 1.54) is 11.8 Å². The first-order chi connectivity index (χ1) is 16.5. The maximum Gasteiger partial charge on any atom is 0.262 e. The largest absolute Gasteiger partial charge is 0.378 e. The van der Waals surface area contributed by atoms with Gasteiger partial charge in [0.05, 0.1) is 16.7 Å². The lowest BCUT2D eigenvalue weighted by molar-refractivity contribution is -0.118. The minimum atomic E-state index is -0.0843. The van der Waals surface area contributed by atoms with Crippen LogP contribution in [0.3, 0.4) is 0 Å². The Kier molecular flexibility index (Phi) is 7.52. The molecule has 1 N–H and O–H groups in total. The molecule has 4 aromatic rings. The molecule has 2 heterocycles. The van der Waals surface area contributed by atoms with Gasteiger partial charge in [-0.05, 0) is 36.2 Å². The van der Waals surface area contributed by atoms with Crippen LogP contribution >= 0.6 is 11.8 Å². The Morgan fingerprint density at radius 2 is 1.82 bits per heavy atom. The normalized spacial score (nSPS) is 11.3. The Labute approximate surface area is 203 Å². The molecule has 0 aliphatic heterocycles. The highest BCUT2D eigenvalue weighted by atomic mass is 32.2. The van der Waals surface area contributed by atoms with Crippen LogP contribution in [-0.4, -0.2) is 44.9 Å². The van der Waals surface area contributed by atoms with Crippen molar-refractivity contribution in [2.75, 3.05) is 24.7 Å². The monoisotopic (exact) mass is 478 g/mol. The van der Waals surface area contributed by atoms with Gasteiger partial charge in [0.2, 0.25) is 11.7 Å². The van der Waals surface area contributed by atoms with Gasteiger partial charge in [-0.3, -0.25) is 18.6 Å². The van der Waals surface area contributed by atoms with Crippen LogP contribution < -0.4 is 15.8 Å². The first-order valence-corrected chi connectivity index (χ1v) is 12.5. The van der Waals surface area contributed by atoms with Gasteiger partial charge in [-0.25, -0.2) is 0 Å². The van der Waals surface area contributed by atoms with Gasteiger partial charge in [0.25, 0.3) is 5.56 Å². The number of amides is 1. The first kappa shape index (κ1) is 23.8. The summed E-state index contributed by atoms with van der Waals surface area (Å²) < 4.78 is 3.59. The van der Waals surface area contributed by atoms with Crippen molar-refractivity contribution in [2.45, 2.75) is 44.4 Å². The van der Waals surface area contributed by atoms with E-state index in [2.05, 4.69) is 22.4 Å². The molecule has 34 heavy (non-hydrogen) atoms. The minimum Gasteiger partial charge on any atom is -0.378 e. The number of anilines is 1. The molecule has 0 fully saturated rings. The van der Waals surface area contributed by atoms with E-state index in [0.717, 1.165) is 36.0 Å². The Balaban J connectivity index is 1.51. The van der Waals surface area contributed by atoms with E-state index in [9.17, 15) is 9.59 Å². The molecule has 1 amide bonds. The Hall–Kier alpha value is -3.33. The number of carbonyl (C=O) groups excluding carboxylic acids is 1. The summed E-state index contributed by atoms with van der Waals surface area (Å²) in [5, 5.41) is 12.8. The van der Waals surface area contributed by atoms with Crippen molar-refractivity contribution in [3.05, 3.63) is 64.4 Å². The molecule has 8 nitrogen and oxygen atoms in total. The van der Waals surface area contributed by atoms with Gasteiger partial charge in [0.1, 0.15) is 0 Å². The number of fused-ring (bicyclic) bond motifs is 3. The second-order valence-corrected chi connectivity index (χ2v) is 9.37. The van der Waals surface area contributed by atoms with Gasteiger partial charge in [0.15, 0.2) is 5.16 Å². The average molecular weight is 479 g/mol. The first-order valence-electron chi connectivity index (χ1n) is 11.5. The summed E-state index contributed by atoms with van der Waals surface area (Å²) in [6, 6.07) is 15.6. The average Bonchev–Trinajstić information content (AvgIpc) is 3.27. The molecule has 178 valence electrons. The maximum atomic E-state index is 13.1. The lowest BCUT2D eigenvalue weighted by Gasteiger charge is -2.13. The van der Waals surface area contributed by atoms with Gasteiger partial charge in [-0.1, -0.05) is 55.8 Å². The Bertz CT molecular complexity index is 1340. The number of aromatic nitrogens is 4. The van der Waals surface area contributed by atoms with Crippen LogP contribution in [0.4, 0.5) is 5.69 Å². The number of para-hydroxylation sites is 1. The fourth-order valence-electron chi connectivity index (χ4n) is 3.84. The molecule has 0 radical (unpaired) electrons. The Morgan fingerprint density at radius 3 is 2.56 bits per heavy atom. The van der Waals surface area contributed by atoms with Crippen molar-refractivity contribution in [3.63, 3.8) is 0 Å². The smallest absolute Gasteiger partial charge is 0.262 e. The van der Waals surface area contributed by atoms with E-state index in [1.807, 2.05) is 71.9 Å². The molecular formula is C25H30N6O2S. The van der Waals surface area contributed by atoms with Crippen molar-refractivity contribution < 1.29 is 4.79 Å². The molecule has 0 bridgehead atoms. The molecule has 0 aliphatic carbocycles. The fraction of sp³-hybridized carbons (Fsp3) is 0.360. The second-order valence-electron chi connectivity index (χ2n) is 8.43. The predicted octanol–water partition coefficient (Wildman–Crippen LogP) is 3.71. The molecule has 0 saturated heterocycles. The third kappa shape index (κ3) is 5.09. The van der Waals surface area contributed by atoms with Crippen molar-refractivity contribution in [1.82, 2.24) is 24.5 Å². The van der Waals surface area contributed by atoms with Crippen molar-refractivity contribution in [1.29, 1.82) is 0 Å². The molecule has 4 rings (SSSR count). The van der Waals surface area contributed by atoms with Gasteiger partial charge in [-0.15, -0.1) is 10.2 Å². The molecule has 2 aromatic heterocycles. The van der Waals surface area contributed by atoms with Crippen LogP contribution in [0.5, 0.6) is 0 Å². The molecule has 9 heteroatoms. The van der Waals surface area contributed by atoms with Gasteiger partial charge in [-0.2, -0.15) is 0 Å². The van der Waals surface area contributed by atoms with E-state index in [0.29, 0.717) is 29.4 Å². The summed E-state index contributed by atoms with van der Waals surface area (Å²) in [7, 11) is 3.99. The summed E-state index contributed by atoms with van der Waals surface area (Å²) in [4.78, 5) is 27.7. The molecule has 0 atom stereocenters. The lowest BCUT2D eigenvalue weighted by atomic mass is 10.2. The third-order valence-electron chi connectivity index (χ3n) is 5.74. The van der Waals surface area contributed by atoms with E-state index >= 15 is 0 Å².